The van der Waals surface area contributed by atoms with Crippen molar-refractivity contribution in [1.82, 2.24) is 5.32 Å². The van der Waals surface area contributed by atoms with Gasteiger partial charge in [0.25, 0.3) is 0 Å². The van der Waals surface area contributed by atoms with E-state index in [2.05, 4.69) is 19.2 Å². The van der Waals surface area contributed by atoms with Gasteiger partial charge in [-0.05, 0) is 25.8 Å². The minimum Gasteiger partial charge on any atom is -0.379 e. The lowest BCUT2D eigenvalue weighted by atomic mass is 10.2. The van der Waals surface area contributed by atoms with E-state index in [1.807, 2.05) is 0 Å². The normalized spacial score (nSPS) is 23.2. The smallest absolute Gasteiger partial charge is 0.0831 e. The summed E-state index contributed by atoms with van der Waals surface area (Å²) in [6.07, 6.45) is 5.01. The molecular formula is C12H25NO2. The molecule has 2 atom stereocenters. The van der Waals surface area contributed by atoms with Crippen LogP contribution in [0.3, 0.4) is 0 Å². The monoisotopic (exact) mass is 215 g/mol. The number of hydrogen-bond acceptors (Lipinski definition) is 3. The zero-order valence-electron chi connectivity index (χ0n) is 10.1. The van der Waals surface area contributed by atoms with Gasteiger partial charge in [0, 0.05) is 12.6 Å². The van der Waals surface area contributed by atoms with E-state index in [1.54, 1.807) is 0 Å². The van der Waals surface area contributed by atoms with Crippen molar-refractivity contribution >= 4 is 0 Å². The van der Waals surface area contributed by atoms with Crippen LogP contribution in [0.2, 0.25) is 0 Å². The summed E-state index contributed by atoms with van der Waals surface area (Å²) in [5.41, 5.74) is 0. The predicted molar refractivity (Wildman–Crippen MR) is 62.2 cm³/mol. The molecule has 90 valence electrons. The molecule has 1 N–H and O–H groups in total. The molecule has 15 heavy (non-hydrogen) atoms. The van der Waals surface area contributed by atoms with Crippen molar-refractivity contribution in [1.29, 1.82) is 0 Å². The molecule has 0 saturated carbocycles. The molecule has 1 aliphatic heterocycles. The molecule has 1 saturated heterocycles. The minimum atomic E-state index is 0.341. The molecule has 0 radical (unpaired) electrons. The van der Waals surface area contributed by atoms with E-state index >= 15 is 0 Å². The summed E-state index contributed by atoms with van der Waals surface area (Å²) < 4.78 is 11.1. The molecule has 0 aromatic heterocycles. The standard InChI is InChI=1S/C12H25NO2/c1-3-5-11(13-7-4-2)9-15-12-6-8-14-10-12/h11-13H,3-10H2,1-2H3. The molecule has 0 bridgehead atoms. The van der Waals surface area contributed by atoms with Crippen LogP contribution in [0.5, 0.6) is 0 Å². The average molecular weight is 215 g/mol. The SMILES string of the molecule is CCCNC(CCC)COC1CCOC1. The van der Waals surface area contributed by atoms with Crippen molar-refractivity contribution in [3.8, 4) is 0 Å². The van der Waals surface area contributed by atoms with Gasteiger partial charge in [-0.3, -0.25) is 0 Å². The number of hydrogen-bond donors (Lipinski definition) is 1. The largest absolute Gasteiger partial charge is 0.379 e. The molecule has 2 unspecified atom stereocenters. The second-order valence-corrected chi connectivity index (χ2v) is 4.26. The van der Waals surface area contributed by atoms with Crippen LogP contribution in [-0.2, 0) is 9.47 Å². The Morgan fingerprint density at radius 2 is 2.27 bits per heavy atom. The second kappa shape index (κ2) is 8.08. The van der Waals surface area contributed by atoms with E-state index < -0.39 is 0 Å². The van der Waals surface area contributed by atoms with E-state index in [4.69, 9.17) is 9.47 Å². The van der Waals surface area contributed by atoms with Gasteiger partial charge in [-0.25, -0.2) is 0 Å². The van der Waals surface area contributed by atoms with Gasteiger partial charge in [0.1, 0.15) is 0 Å². The zero-order valence-corrected chi connectivity index (χ0v) is 10.1. The van der Waals surface area contributed by atoms with Crippen molar-refractivity contribution in [2.24, 2.45) is 0 Å². The molecule has 0 amide bonds. The van der Waals surface area contributed by atoms with Crippen LogP contribution in [0.4, 0.5) is 0 Å². The fourth-order valence-electron chi connectivity index (χ4n) is 1.84. The molecule has 0 spiro atoms. The van der Waals surface area contributed by atoms with E-state index in [9.17, 15) is 0 Å². The quantitative estimate of drug-likeness (QED) is 0.671. The lowest BCUT2D eigenvalue weighted by Gasteiger charge is -2.19. The summed E-state index contributed by atoms with van der Waals surface area (Å²) in [6.45, 7) is 8.00. The zero-order chi connectivity index (χ0) is 10.9. The number of ether oxygens (including phenoxy) is 2. The van der Waals surface area contributed by atoms with Crippen LogP contribution in [0.25, 0.3) is 0 Å². The summed E-state index contributed by atoms with van der Waals surface area (Å²) in [7, 11) is 0. The Bertz CT molecular complexity index is 147. The topological polar surface area (TPSA) is 30.5 Å². The summed E-state index contributed by atoms with van der Waals surface area (Å²) in [4.78, 5) is 0. The third kappa shape index (κ3) is 5.50. The highest BCUT2D eigenvalue weighted by Crippen LogP contribution is 2.09. The first kappa shape index (κ1) is 12.9. The lowest BCUT2D eigenvalue weighted by molar-refractivity contribution is 0.0287. The van der Waals surface area contributed by atoms with E-state index in [1.165, 1.54) is 19.3 Å². The molecule has 1 aliphatic rings. The van der Waals surface area contributed by atoms with Crippen molar-refractivity contribution < 1.29 is 9.47 Å². The van der Waals surface area contributed by atoms with Gasteiger partial charge in [0.2, 0.25) is 0 Å². The summed E-state index contributed by atoms with van der Waals surface area (Å²) in [5, 5.41) is 3.53. The first-order valence-corrected chi connectivity index (χ1v) is 6.29. The Balaban J connectivity index is 2.11. The van der Waals surface area contributed by atoms with Crippen LogP contribution in [-0.4, -0.2) is 38.5 Å². The van der Waals surface area contributed by atoms with Gasteiger partial charge >= 0.3 is 0 Å². The second-order valence-electron chi connectivity index (χ2n) is 4.26. The Morgan fingerprint density at radius 3 is 2.87 bits per heavy atom. The van der Waals surface area contributed by atoms with E-state index in [0.717, 1.165) is 32.8 Å². The Hall–Kier alpha value is -0.120. The maximum absolute atomic E-state index is 5.83. The third-order valence-corrected chi connectivity index (χ3v) is 2.74. The van der Waals surface area contributed by atoms with Crippen LogP contribution < -0.4 is 5.32 Å². The van der Waals surface area contributed by atoms with Gasteiger partial charge < -0.3 is 14.8 Å². The van der Waals surface area contributed by atoms with Crippen molar-refractivity contribution in [2.75, 3.05) is 26.4 Å². The van der Waals surface area contributed by atoms with Gasteiger partial charge in [0.05, 0.1) is 19.3 Å². The Kier molecular flexibility index (Phi) is 6.98. The summed E-state index contributed by atoms with van der Waals surface area (Å²) in [6, 6.07) is 0.524. The maximum Gasteiger partial charge on any atom is 0.0831 e. The molecule has 0 aromatic rings. The Morgan fingerprint density at radius 1 is 1.40 bits per heavy atom. The summed E-state index contributed by atoms with van der Waals surface area (Å²) >= 11 is 0. The highest BCUT2D eigenvalue weighted by Gasteiger charge is 2.17. The molecule has 3 nitrogen and oxygen atoms in total. The van der Waals surface area contributed by atoms with Crippen molar-refractivity contribution in [2.45, 2.75) is 51.7 Å². The Labute approximate surface area is 93.5 Å². The highest BCUT2D eigenvalue weighted by atomic mass is 16.5. The van der Waals surface area contributed by atoms with Crippen LogP contribution in [0.15, 0.2) is 0 Å². The van der Waals surface area contributed by atoms with Crippen molar-refractivity contribution in [3.63, 3.8) is 0 Å². The van der Waals surface area contributed by atoms with Gasteiger partial charge in [0.15, 0.2) is 0 Å². The molecule has 1 fully saturated rings. The fraction of sp³-hybridized carbons (Fsp3) is 1.00. The van der Waals surface area contributed by atoms with Gasteiger partial charge in [-0.2, -0.15) is 0 Å². The highest BCUT2D eigenvalue weighted by molar-refractivity contribution is 4.69. The van der Waals surface area contributed by atoms with Crippen LogP contribution in [0.1, 0.15) is 39.5 Å². The molecule has 1 rings (SSSR count). The number of nitrogens with one attached hydrogen (secondary N) is 1. The molecule has 0 aromatic carbocycles. The van der Waals surface area contributed by atoms with E-state index in [-0.39, 0.29) is 0 Å². The average Bonchev–Trinajstić information content (AvgIpc) is 2.75. The first-order valence-electron chi connectivity index (χ1n) is 6.29. The fourth-order valence-corrected chi connectivity index (χ4v) is 1.84. The molecule has 1 heterocycles. The molecular weight excluding hydrogens is 190 g/mol. The van der Waals surface area contributed by atoms with Crippen LogP contribution in [0, 0.1) is 0 Å². The van der Waals surface area contributed by atoms with Gasteiger partial charge in [-0.15, -0.1) is 0 Å². The minimum absolute atomic E-state index is 0.341. The third-order valence-electron chi connectivity index (χ3n) is 2.74. The lowest BCUT2D eigenvalue weighted by Crippen LogP contribution is -2.35. The predicted octanol–water partition coefficient (Wildman–Crippen LogP) is 1.96. The maximum atomic E-state index is 5.83. The first-order chi connectivity index (χ1) is 7.36. The number of rotatable bonds is 8. The summed E-state index contributed by atoms with van der Waals surface area (Å²) in [5.74, 6) is 0. The van der Waals surface area contributed by atoms with Crippen LogP contribution >= 0.6 is 0 Å². The molecule has 0 aliphatic carbocycles. The molecule has 3 heteroatoms. The van der Waals surface area contributed by atoms with Crippen molar-refractivity contribution in [3.05, 3.63) is 0 Å². The van der Waals surface area contributed by atoms with Gasteiger partial charge in [-0.1, -0.05) is 20.3 Å². The van der Waals surface area contributed by atoms with E-state index in [0.29, 0.717) is 12.1 Å².